The molecule has 1 aliphatic carbocycles. The summed E-state index contributed by atoms with van der Waals surface area (Å²) in [6.45, 7) is 5.47. The van der Waals surface area contributed by atoms with Crippen molar-refractivity contribution in [2.45, 2.75) is 58.1 Å². The molecule has 0 aromatic heterocycles. The second-order valence-corrected chi connectivity index (χ2v) is 5.68. The molecule has 0 saturated heterocycles. The quantitative estimate of drug-likeness (QED) is 0.608. The number of nitrogens with one attached hydrogen (secondary N) is 1. The maximum atomic E-state index is 11.7. The van der Waals surface area contributed by atoms with Gasteiger partial charge in [-0.05, 0) is 46.5 Å². The molecule has 0 spiro atoms. The van der Waals surface area contributed by atoms with E-state index in [1.165, 1.54) is 0 Å². The van der Waals surface area contributed by atoms with Crippen LogP contribution in [0.3, 0.4) is 0 Å². The van der Waals surface area contributed by atoms with Crippen molar-refractivity contribution in [2.75, 3.05) is 0 Å². The Kier molecular flexibility index (Phi) is 5.38. The molecule has 1 rings (SSSR count). The van der Waals surface area contributed by atoms with Crippen LogP contribution in [0.4, 0.5) is 4.79 Å². The molecular weight excluding hydrogens is 230 g/mol. The average Bonchev–Trinajstić information content (AvgIpc) is 2.20. The lowest BCUT2D eigenvalue weighted by Gasteiger charge is -2.27. The molecule has 0 bridgehead atoms. The van der Waals surface area contributed by atoms with E-state index >= 15 is 0 Å². The molecule has 0 aromatic rings. The van der Waals surface area contributed by atoms with Gasteiger partial charge in [-0.3, -0.25) is 0 Å². The third-order valence-electron chi connectivity index (χ3n) is 2.87. The third kappa shape index (κ3) is 5.34. The molecule has 0 radical (unpaired) electrons. The predicted molar refractivity (Wildman–Crippen MR) is 70.3 cm³/mol. The average molecular weight is 253 g/mol. The van der Waals surface area contributed by atoms with Crippen molar-refractivity contribution < 1.29 is 14.3 Å². The van der Waals surface area contributed by atoms with Crippen molar-refractivity contribution in [1.82, 2.24) is 5.32 Å². The van der Waals surface area contributed by atoms with Gasteiger partial charge in [-0.2, -0.15) is 0 Å². The van der Waals surface area contributed by atoms with Gasteiger partial charge in [-0.15, -0.1) is 0 Å². The number of aldehydes is 1. The molecule has 2 atom stereocenters. The molecule has 0 unspecified atom stereocenters. The van der Waals surface area contributed by atoms with Gasteiger partial charge in [0.15, 0.2) is 0 Å². The molecule has 18 heavy (non-hydrogen) atoms. The highest BCUT2D eigenvalue weighted by atomic mass is 16.6. The smallest absolute Gasteiger partial charge is 0.407 e. The molecule has 102 valence electrons. The van der Waals surface area contributed by atoms with E-state index in [4.69, 9.17) is 4.74 Å². The number of amides is 1. The van der Waals surface area contributed by atoms with Gasteiger partial charge < -0.3 is 14.8 Å². The first kappa shape index (κ1) is 14.7. The summed E-state index contributed by atoms with van der Waals surface area (Å²) >= 11 is 0. The van der Waals surface area contributed by atoms with E-state index in [2.05, 4.69) is 17.5 Å². The summed E-state index contributed by atoms with van der Waals surface area (Å²) < 4.78 is 5.22. The molecule has 1 N–H and O–H groups in total. The summed E-state index contributed by atoms with van der Waals surface area (Å²) in [5, 5.41) is 2.82. The van der Waals surface area contributed by atoms with Crippen LogP contribution >= 0.6 is 0 Å². The second-order valence-electron chi connectivity index (χ2n) is 5.68. The summed E-state index contributed by atoms with van der Waals surface area (Å²) in [5.41, 5.74) is -0.512. The van der Waals surface area contributed by atoms with Crippen LogP contribution in [0, 0.1) is 5.92 Å². The van der Waals surface area contributed by atoms with E-state index in [-0.39, 0.29) is 12.0 Å². The number of rotatable bonds is 2. The predicted octanol–water partition coefficient (Wildman–Crippen LogP) is 2.83. The molecule has 1 amide bonds. The zero-order chi connectivity index (χ0) is 13.6. The summed E-state index contributed by atoms with van der Waals surface area (Å²) in [4.78, 5) is 22.8. The molecule has 0 saturated carbocycles. The van der Waals surface area contributed by atoms with Crippen molar-refractivity contribution in [2.24, 2.45) is 5.92 Å². The Morgan fingerprint density at radius 2 is 1.89 bits per heavy atom. The number of hydrogen-bond acceptors (Lipinski definition) is 3. The Hall–Kier alpha value is -1.32. The lowest BCUT2D eigenvalue weighted by molar-refractivity contribution is -0.112. The van der Waals surface area contributed by atoms with Gasteiger partial charge in [0.25, 0.3) is 0 Å². The standard InChI is InChI=1S/C14H23NO3/c1-14(2,3)18-13(17)15-12-9-7-5-4-6-8-11(12)10-16/h4-5,10-12H,6-9H2,1-3H3,(H,15,17)/b5-4-/t11-,12-/m1/s1. The van der Waals surface area contributed by atoms with Crippen LogP contribution in [0.25, 0.3) is 0 Å². The van der Waals surface area contributed by atoms with Crippen LogP contribution in [-0.2, 0) is 9.53 Å². The Labute approximate surface area is 109 Å². The molecular formula is C14H23NO3. The highest BCUT2D eigenvalue weighted by Crippen LogP contribution is 2.18. The largest absolute Gasteiger partial charge is 0.444 e. The summed E-state index contributed by atoms with van der Waals surface area (Å²) in [6, 6.07) is -0.123. The lowest BCUT2D eigenvalue weighted by Crippen LogP contribution is -2.43. The third-order valence-corrected chi connectivity index (χ3v) is 2.87. The van der Waals surface area contributed by atoms with Gasteiger partial charge in [-0.25, -0.2) is 4.79 Å². The number of ether oxygens (including phenoxy) is 1. The summed E-state index contributed by atoms with van der Waals surface area (Å²) in [5.74, 6) is -0.123. The summed E-state index contributed by atoms with van der Waals surface area (Å²) in [7, 11) is 0. The van der Waals surface area contributed by atoms with E-state index in [9.17, 15) is 9.59 Å². The first-order valence-corrected chi connectivity index (χ1v) is 6.52. The fourth-order valence-corrected chi connectivity index (χ4v) is 2.02. The van der Waals surface area contributed by atoms with E-state index in [1.54, 1.807) is 0 Å². The fourth-order valence-electron chi connectivity index (χ4n) is 2.02. The number of allylic oxidation sites excluding steroid dienone is 2. The van der Waals surface area contributed by atoms with Crippen molar-refractivity contribution in [3.8, 4) is 0 Å². The van der Waals surface area contributed by atoms with Crippen molar-refractivity contribution in [1.29, 1.82) is 0 Å². The molecule has 0 aromatic carbocycles. The Morgan fingerprint density at radius 3 is 2.44 bits per heavy atom. The first-order valence-electron chi connectivity index (χ1n) is 6.52. The molecule has 1 aliphatic rings. The minimum absolute atomic E-state index is 0.123. The topological polar surface area (TPSA) is 55.4 Å². The van der Waals surface area contributed by atoms with Crippen molar-refractivity contribution >= 4 is 12.4 Å². The zero-order valence-electron chi connectivity index (χ0n) is 11.4. The zero-order valence-corrected chi connectivity index (χ0v) is 11.4. The molecule has 0 heterocycles. The molecule has 0 aliphatic heterocycles. The van der Waals surface area contributed by atoms with Gasteiger partial charge in [0.2, 0.25) is 0 Å². The number of carbonyl (C=O) groups is 2. The van der Waals surface area contributed by atoms with Gasteiger partial charge in [-0.1, -0.05) is 12.2 Å². The van der Waals surface area contributed by atoms with E-state index in [1.807, 2.05) is 20.8 Å². The van der Waals surface area contributed by atoms with Crippen LogP contribution in [0.2, 0.25) is 0 Å². The lowest BCUT2D eigenvalue weighted by atomic mass is 9.90. The summed E-state index contributed by atoms with van der Waals surface area (Å²) in [6.07, 6.45) is 8.02. The maximum absolute atomic E-state index is 11.7. The van der Waals surface area contributed by atoms with E-state index in [0.29, 0.717) is 0 Å². The van der Waals surface area contributed by atoms with Crippen LogP contribution < -0.4 is 5.32 Å². The number of hydrogen-bond donors (Lipinski definition) is 1. The molecule has 4 nitrogen and oxygen atoms in total. The van der Waals surface area contributed by atoms with Crippen LogP contribution in [-0.4, -0.2) is 24.0 Å². The number of carbonyl (C=O) groups excluding carboxylic acids is 2. The van der Waals surface area contributed by atoms with E-state index < -0.39 is 11.7 Å². The van der Waals surface area contributed by atoms with E-state index in [0.717, 1.165) is 32.0 Å². The van der Waals surface area contributed by atoms with Crippen LogP contribution in [0.1, 0.15) is 46.5 Å². The second kappa shape index (κ2) is 6.57. The number of alkyl carbamates (subject to hydrolysis) is 1. The molecule has 0 fully saturated rings. The van der Waals surface area contributed by atoms with Crippen molar-refractivity contribution in [3.63, 3.8) is 0 Å². The highest BCUT2D eigenvalue weighted by Gasteiger charge is 2.25. The van der Waals surface area contributed by atoms with Crippen molar-refractivity contribution in [3.05, 3.63) is 12.2 Å². The van der Waals surface area contributed by atoms with Gasteiger partial charge >= 0.3 is 6.09 Å². The van der Waals surface area contributed by atoms with Gasteiger partial charge in [0, 0.05) is 12.0 Å². The van der Waals surface area contributed by atoms with Crippen LogP contribution in [0.5, 0.6) is 0 Å². The first-order chi connectivity index (χ1) is 8.42. The normalized spacial score (nSPS) is 26.6. The maximum Gasteiger partial charge on any atom is 0.407 e. The van der Waals surface area contributed by atoms with Gasteiger partial charge in [0.1, 0.15) is 11.9 Å². The van der Waals surface area contributed by atoms with Crippen LogP contribution in [0.15, 0.2) is 12.2 Å². The molecule has 4 heteroatoms. The SMILES string of the molecule is CC(C)(C)OC(=O)N[C@@H]1CC/C=C\CC[C@@H]1C=O. The highest BCUT2D eigenvalue weighted by molar-refractivity contribution is 5.69. The Bertz CT molecular complexity index is 317. The minimum atomic E-state index is -0.512. The fraction of sp³-hybridized carbons (Fsp3) is 0.714. The Morgan fingerprint density at radius 1 is 1.28 bits per heavy atom. The van der Waals surface area contributed by atoms with Gasteiger partial charge in [0.05, 0.1) is 0 Å². The Balaban J connectivity index is 2.58. The minimum Gasteiger partial charge on any atom is -0.444 e. The monoisotopic (exact) mass is 253 g/mol.